The van der Waals surface area contributed by atoms with Crippen molar-refractivity contribution >= 4 is 17.3 Å². The predicted octanol–water partition coefficient (Wildman–Crippen LogP) is 3.00. The Balaban J connectivity index is 2.00. The first-order chi connectivity index (χ1) is 9.66. The largest absolute Gasteiger partial charge is 0.399 e. The lowest BCUT2D eigenvalue weighted by molar-refractivity contribution is 0.0981. The molecule has 1 heterocycles. The van der Waals surface area contributed by atoms with Gasteiger partial charge in [0.05, 0.1) is 5.56 Å². The Labute approximate surface area is 116 Å². The zero-order chi connectivity index (χ0) is 14.1. The molecule has 0 saturated carbocycles. The van der Waals surface area contributed by atoms with Crippen molar-refractivity contribution in [1.29, 1.82) is 0 Å². The molecule has 1 aliphatic rings. The number of amides is 1. The van der Waals surface area contributed by atoms with Gasteiger partial charge in [-0.1, -0.05) is 18.2 Å². The molecule has 4 heteroatoms. The Morgan fingerprint density at radius 1 is 1.20 bits per heavy atom. The van der Waals surface area contributed by atoms with Crippen LogP contribution in [0.15, 0.2) is 42.5 Å². The summed E-state index contributed by atoms with van der Waals surface area (Å²) in [6, 6.07) is 11.9. The summed E-state index contributed by atoms with van der Waals surface area (Å²) in [5, 5.41) is 0. The van der Waals surface area contributed by atoms with Crippen LogP contribution >= 0.6 is 0 Å². The number of nitrogens with zero attached hydrogens (tertiary/aromatic N) is 1. The molecule has 2 N–H and O–H groups in total. The normalized spacial score (nSPS) is 13.9. The maximum absolute atomic E-state index is 13.9. The molecular formula is C16H15FN2O. The number of halogens is 1. The van der Waals surface area contributed by atoms with Gasteiger partial charge < -0.3 is 10.6 Å². The van der Waals surface area contributed by atoms with Crippen molar-refractivity contribution in [2.45, 2.75) is 12.8 Å². The highest BCUT2D eigenvalue weighted by molar-refractivity contribution is 6.07. The number of benzene rings is 2. The monoisotopic (exact) mass is 270 g/mol. The molecule has 0 atom stereocenters. The molecule has 1 aliphatic heterocycles. The van der Waals surface area contributed by atoms with Crippen LogP contribution < -0.4 is 10.6 Å². The number of fused-ring (bicyclic) bond motifs is 1. The Hall–Kier alpha value is -2.36. The van der Waals surface area contributed by atoms with Gasteiger partial charge in [0.15, 0.2) is 0 Å². The van der Waals surface area contributed by atoms with Gasteiger partial charge in [-0.2, -0.15) is 0 Å². The summed E-state index contributed by atoms with van der Waals surface area (Å²) >= 11 is 0. The molecule has 0 aromatic heterocycles. The Bertz CT molecular complexity index is 669. The second-order valence-corrected chi connectivity index (χ2v) is 4.93. The maximum atomic E-state index is 13.9. The van der Waals surface area contributed by atoms with Crippen molar-refractivity contribution in [3.63, 3.8) is 0 Å². The van der Waals surface area contributed by atoms with Crippen LogP contribution in [0.3, 0.4) is 0 Å². The van der Waals surface area contributed by atoms with E-state index >= 15 is 0 Å². The highest BCUT2D eigenvalue weighted by atomic mass is 19.1. The van der Waals surface area contributed by atoms with Crippen LogP contribution in [0, 0.1) is 5.82 Å². The van der Waals surface area contributed by atoms with Crippen LogP contribution in [0.4, 0.5) is 15.8 Å². The van der Waals surface area contributed by atoms with Gasteiger partial charge >= 0.3 is 0 Å². The minimum absolute atomic E-state index is 0.0657. The van der Waals surface area contributed by atoms with Gasteiger partial charge in [-0.15, -0.1) is 0 Å². The first-order valence-corrected chi connectivity index (χ1v) is 6.61. The number of nitrogens with two attached hydrogens (primary N) is 1. The van der Waals surface area contributed by atoms with Gasteiger partial charge in [0, 0.05) is 17.9 Å². The van der Waals surface area contributed by atoms with Crippen LogP contribution in [0.25, 0.3) is 0 Å². The SMILES string of the molecule is Nc1ccc(C(=O)N2CCCc3ccccc32)c(F)c1. The second-order valence-electron chi connectivity index (χ2n) is 4.93. The lowest BCUT2D eigenvalue weighted by Gasteiger charge is -2.29. The summed E-state index contributed by atoms with van der Waals surface area (Å²) in [5.74, 6) is -0.882. The average Bonchev–Trinajstić information content (AvgIpc) is 2.46. The van der Waals surface area contributed by atoms with Crippen molar-refractivity contribution in [3.8, 4) is 0 Å². The first kappa shape index (κ1) is 12.7. The third-order valence-corrected chi connectivity index (χ3v) is 3.58. The fourth-order valence-electron chi connectivity index (χ4n) is 2.59. The molecule has 0 bridgehead atoms. The van der Waals surface area contributed by atoms with Crippen molar-refractivity contribution < 1.29 is 9.18 Å². The molecule has 0 radical (unpaired) electrons. The van der Waals surface area contributed by atoms with E-state index in [1.54, 1.807) is 11.0 Å². The van der Waals surface area contributed by atoms with Gasteiger partial charge in [0.2, 0.25) is 0 Å². The van der Waals surface area contributed by atoms with E-state index in [1.165, 1.54) is 12.1 Å². The van der Waals surface area contributed by atoms with Gasteiger partial charge in [-0.25, -0.2) is 4.39 Å². The number of rotatable bonds is 1. The van der Waals surface area contributed by atoms with Crippen LogP contribution in [0.5, 0.6) is 0 Å². The Morgan fingerprint density at radius 2 is 2.00 bits per heavy atom. The summed E-state index contributed by atoms with van der Waals surface area (Å²) in [7, 11) is 0. The molecule has 0 spiro atoms. The quantitative estimate of drug-likeness (QED) is 0.810. The molecule has 20 heavy (non-hydrogen) atoms. The van der Waals surface area contributed by atoms with E-state index in [-0.39, 0.29) is 11.5 Å². The number of aryl methyl sites for hydroxylation is 1. The minimum atomic E-state index is -0.571. The highest BCUT2D eigenvalue weighted by Gasteiger charge is 2.25. The summed E-state index contributed by atoms with van der Waals surface area (Å²) in [6.07, 6.45) is 1.84. The lowest BCUT2D eigenvalue weighted by Crippen LogP contribution is -2.35. The maximum Gasteiger partial charge on any atom is 0.261 e. The van der Waals surface area contributed by atoms with Gasteiger partial charge in [0.25, 0.3) is 5.91 Å². The molecule has 0 saturated heterocycles. The fourth-order valence-corrected chi connectivity index (χ4v) is 2.59. The topological polar surface area (TPSA) is 46.3 Å². The highest BCUT2D eigenvalue weighted by Crippen LogP contribution is 2.28. The Morgan fingerprint density at radius 3 is 2.80 bits per heavy atom. The van der Waals surface area contributed by atoms with Crippen molar-refractivity contribution in [1.82, 2.24) is 0 Å². The number of hydrogen-bond donors (Lipinski definition) is 1. The summed E-state index contributed by atoms with van der Waals surface area (Å²) in [6.45, 7) is 0.611. The van der Waals surface area contributed by atoms with E-state index in [0.29, 0.717) is 12.2 Å². The molecule has 1 amide bonds. The zero-order valence-corrected chi connectivity index (χ0v) is 11.0. The van der Waals surface area contributed by atoms with E-state index < -0.39 is 5.82 Å². The van der Waals surface area contributed by atoms with E-state index in [4.69, 9.17) is 5.73 Å². The molecule has 3 nitrogen and oxygen atoms in total. The van der Waals surface area contributed by atoms with Crippen molar-refractivity contribution in [3.05, 3.63) is 59.4 Å². The van der Waals surface area contributed by atoms with Crippen molar-refractivity contribution in [2.24, 2.45) is 0 Å². The average molecular weight is 270 g/mol. The van der Waals surface area contributed by atoms with E-state index in [9.17, 15) is 9.18 Å². The molecule has 3 rings (SSSR count). The molecule has 0 fully saturated rings. The first-order valence-electron chi connectivity index (χ1n) is 6.61. The second kappa shape index (κ2) is 4.96. The van der Waals surface area contributed by atoms with Gasteiger partial charge in [0.1, 0.15) is 5.82 Å². The minimum Gasteiger partial charge on any atom is -0.399 e. The van der Waals surface area contributed by atoms with Crippen LogP contribution in [0.1, 0.15) is 22.3 Å². The molecule has 2 aromatic carbocycles. The van der Waals surface area contributed by atoms with Crippen molar-refractivity contribution in [2.75, 3.05) is 17.2 Å². The smallest absolute Gasteiger partial charge is 0.261 e. The molecule has 2 aromatic rings. The third-order valence-electron chi connectivity index (χ3n) is 3.58. The summed E-state index contributed by atoms with van der Waals surface area (Å²) in [5.41, 5.74) is 7.90. The molecule has 0 unspecified atom stereocenters. The number of hydrogen-bond acceptors (Lipinski definition) is 2. The fraction of sp³-hybridized carbons (Fsp3) is 0.188. The molecule has 102 valence electrons. The van der Waals surface area contributed by atoms with Crippen LogP contribution in [0.2, 0.25) is 0 Å². The Kier molecular flexibility index (Phi) is 3.14. The van der Waals surface area contributed by atoms with Gasteiger partial charge in [-0.05, 0) is 42.7 Å². The predicted molar refractivity (Wildman–Crippen MR) is 77.3 cm³/mol. The van der Waals surface area contributed by atoms with Crippen LogP contribution in [-0.2, 0) is 6.42 Å². The third kappa shape index (κ3) is 2.13. The summed E-state index contributed by atoms with van der Waals surface area (Å²) in [4.78, 5) is 14.2. The summed E-state index contributed by atoms with van der Waals surface area (Å²) < 4.78 is 13.9. The number of para-hydroxylation sites is 1. The molecular weight excluding hydrogens is 255 g/mol. The van der Waals surface area contributed by atoms with E-state index in [2.05, 4.69) is 0 Å². The number of carbonyl (C=O) groups is 1. The number of nitrogen functional groups attached to an aromatic ring is 1. The number of carbonyl (C=O) groups excluding carboxylic acids is 1. The van der Waals surface area contributed by atoms with Gasteiger partial charge in [-0.3, -0.25) is 4.79 Å². The van der Waals surface area contributed by atoms with E-state index in [0.717, 1.165) is 24.1 Å². The zero-order valence-electron chi connectivity index (χ0n) is 11.0. The van der Waals surface area contributed by atoms with Crippen LogP contribution in [-0.4, -0.2) is 12.5 Å². The molecule has 0 aliphatic carbocycles. The standard InChI is InChI=1S/C16H15FN2O/c17-14-10-12(18)7-8-13(14)16(20)19-9-3-5-11-4-1-2-6-15(11)19/h1-2,4,6-8,10H,3,5,9,18H2. The van der Waals surface area contributed by atoms with E-state index in [1.807, 2.05) is 24.3 Å². The number of anilines is 2. The lowest BCUT2D eigenvalue weighted by atomic mass is 10.0.